The van der Waals surface area contributed by atoms with Gasteiger partial charge in [-0.05, 0) is 53.6 Å². The van der Waals surface area contributed by atoms with Crippen molar-refractivity contribution in [2.45, 2.75) is 115 Å². The molecule has 0 aliphatic carbocycles. The molecule has 2 aromatic carbocycles. The minimum Gasteiger partial charge on any atom is -0.508 e. The number of phenols is 2. The number of phenolic OH excluding ortho intramolecular Hbond substituents is 2. The summed E-state index contributed by atoms with van der Waals surface area (Å²) in [5, 5.41) is 58.0. The average Bonchev–Trinajstić information content (AvgIpc) is 3.33. The number of aliphatic hydroxyl groups is 1. The summed E-state index contributed by atoms with van der Waals surface area (Å²) in [5.74, 6) is -12.9. The highest BCUT2D eigenvalue weighted by atomic mass is 32.1. The number of carboxylic acids is 1. The lowest BCUT2D eigenvalue weighted by Crippen LogP contribution is -2.61. The van der Waals surface area contributed by atoms with Crippen molar-refractivity contribution >= 4 is 77.7 Å². The molecule has 0 saturated carbocycles. The lowest BCUT2D eigenvalue weighted by atomic mass is 9.99. The van der Waals surface area contributed by atoms with Crippen LogP contribution in [0.4, 0.5) is 0 Å². The van der Waals surface area contributed by atoms with Gasteiger partial charge in [0.1, 0.15) is 53.8 Å². The highest BCUT2D eigenvalue weighted by Gasteiger charge is 2.36. The molecule has 73 heavy (non-hydrogen) atoms. The maximum absolute atomic E-state index is 14.2. The molecule has 9 atom stereocenters. The van der Waals surface area contributed by atoms with Gasteiger partial charge in [0.15, 0.2) is 0 Å². The van der Waals surface area contributed by atoms with Crippen LogP contribution in [0.3, 0.4) is 0 Å². The number of amides is 10. The fraction of sp³-hybridized carbons (Fsp3) is 0.500. The summed E-state index contributed by atoms with van der Waals surface area (Å²) in [5.41, 5.74) is 17.5. The molecule has 0 aliphatic rings. The average molecular weight is 1050 g/mol. The summed E-state index contributed by atoms with van der Waals surface area (Å²) in [6.07, 6.45) is -1.89. The van der Waals surface area contributed by atoms with Crippen molar-refractivity contribution in [1.29, 1.82) is 0 Å². The summed E-state index contributed by atoms with van der Waals surface area (Å²) in [6.45, 7) is 4.51. The number of aromatic hydroxyl groups is 2. The van der Waals surface area contributed by atoms with Crippen molar-refractivity contribution in [3.05, 3.63) is 59.7 Å². The lowest BCUT2D eigenvalue weighted by Gasteiger charge is -2.29. The number of nitrogens with one attached hydrogen (secondary N) is 8. The summed E-state index contributed by atoms with van der Waals surface area (Å²) >= 11 is 4.05. The first-order chi connectivity index (χ1) is 34.3. The van der Waals surface area contributed by atoms with Crippen molar-refractivity contribution < 1.29 is 73.2 Å². The highest BCUT2D eigenvalue weighted by molar-refractivity contribution is 7.80. The van der Waals surface area contributed by atoms with Gasteiger partial charge in [0.05, 0.1) is 25.6 Å². The van der Waals surface area contributed by atoms with Crippen LogP contribution in [0.1, 0.15) is 64.5 Å². The second-order valence-corrected chi connectivity index (χ2v) is 17.8. The van der Waals surface area contributed by atoms with E-state index >= 15 is 0 Å². The zero-order valence-corrected chi connectivity index (χ0v) is 41.6. The Balaban J connectivity index is 2.38. The second kappa shape index (κ2) is 30.4. The number of rotatable bonds is 31. The maximum atomic E-state index is 14.2. The quantitative estimate of drug-likeness (QED) is 0.0317. The molecule has 26 nitrogen and oxygen atoms in total. The topological polar surface area (TPSA) is 443 Å². The Morgan fingerprint density at radius 2 is 1.03 bits per heavy atom. The molecule has 0 unspecified atom stereocenters. The van der Waals surface area contributed by atoms with E-state index in [1.807, 2.05) is 0 Å². The van der Waals surface area contributed by atoms with E-state index in [0.29, 0.717) is 17.5 Å². The van der Waals surface area contributed by atoms with E-state index in [1.165, 1.54) is 62.4 Å². The minimum absolute atomic E-state index is 0.0657. The lowest BCUT2D eigenvalue weighted by molar-refractivity contribution is -0.143. The van der Waals surface area contributed by atoms with Crippen molar-refractivity contribution in [2.24, 2.45) is 29.0 Å². The van der Waals surface area contributed by atoms with E-state index in [4.69, 9.17) is 17.2 Å². The first-order valence-electron chi connectivity index (χ1n) is 23.0. The Morgan fingerprint density at radius 1 is 0.575 bits per heavy atom. The van der Waals surface area contributed by atoms with Gasteiger partial charge in [-0.3, -0.25) is 47.9 Å². The van der Waals surface area contributed by atoms with Crippen LogP contribution in [0.25, 0.3) is 0 Å². The number of nitrogens with two attached hydrogens (primary N) is 3. The predicted molar refractivity (Wildman–Crippen MR) is 263 cm³/mol. The molecule has 402 valence electrons. The first-order valence-corrected chi connectivity index (χ1v) is 23.6. The number of benzene rings is 2. The molecule has 0 heterocycles. The van der Waals surface area contributed by atoms with Crippen LogP contribution in [0.15, 0.2) is 48.5 Å². The molecule has 0 saturated heterocycles. The van der Waals surface area contributed by atoms with E-state index < -0.39 is 158 Å². The van der Waals surface area contributed by atoms with Gasteiger partial charge in [-0.25, -0.2) is 4.79 Å². The summed E-state index contributed by atoms with van der Waals surface area (Å²) in [6, 6.07) is -0.769. The van der Waals surface area contributed by atoms with Gasteiger partial charge in [-0.2, -0.15) is 12.6 Å². The molecule has 10 amide bonds. The smallest absolute Gasteiger partial charge is 0.326 e. The van der Waals surface area contributed by atoms with Crippen LogP contribution in [0, 0.1) is 11.8 Å². The molecule has 27 heteroatoms. The van der Waals surface area contributed by atoms with Gasteiger partial charge in [0.2, 0.25) is 59.1 Å². The summed E-state index contributed by atoms with van der Waals surface area (Å²) < 4.78 is 0. The number of hydrogen-bond donors (Lipinski definition) is 16. The third-order valence-electron chi connectivity index (χ3n) is 11.2. The molecule has 0 aromatic heterocycles. The van der Waals surface area contributed by atoms with Crippen LogP contribution < -0.4 is 59.7 Å². The van der Waals surface area contributed by atoms with E-state index in [-0.39, 0.29) is 30.1 Å². The number of aliphatic carboxylic acids is 1. The molecule has 0 radical (unpaired) electrons. The third kappa shape index (κ3) is 21.4. The normalized spacial score (nSPS) is 14.7. The number of carboxylic acid groups (broad SMARTS) is 1. The van der Waals surface area contributed by atoms with Gasteiger partial charge in [0, 0.05) is 25.0 Å². The summed E-state index contributed by atoms with van der Waals surface area (Å²) in [7, 11) is 0. The number of thiol groups is 1. The van der Waals surface area contributed by atoms with E-state index in [9.17, 15) is 73.2 Å². The van der Waals surface area contributed by atoms with Crippen LogP contribution in [-0.2, 0) is 65.6 Å². The van der Waals surface area contributed by atoms with Crippen molar-refractivity contribution in [3.63, 3.8) is 0 Å². The van der Waals surface area contributed by atoms with Gasteiger partial charge < -0.3 is 80.2 Å². The SMILES string of the molecule is CC[C@H](C)[C@H](NC(=O)CNC(=O)[C@H](CO)NC(=O)[C@H](CCC(N)=O)NC(=O)[C@H](CC(N)=O)NC(=O)[C@@H](NC(=O)[C@H](Cc1ccc(O)cc1)NC(=O)[C@H](Cc1ccc(O)cc1)NC(=O)[C@@H](N)CS)C(C)C)C(=O)O. The Morgan fingerprint density at radius 3 is 1.48 bits per heavy atom. The summed E-state index contributed by atoms with van der Waals surface area (Å²) in [4.78, 5) is 144. The number of hydrogen-bond acceptors (Lipinski definition) is 16. The number of carbonyl (C=O) groups excluding carboxylic acids is 10. The Bertz CT molecular complexity index is 2270. The molecule has 0 fully saturated rings. The minimum atomic E-state index is -1.85. The van der Waals surface area contributed by atoms with Gasteiger partial charge in [0.25, 0.3) is 0 Å². The molecule has 0 aliphatic heterocycles. The van der Waals surface area contributed by atoms with Gasteiger partial charge in [-0.15, -0.1) is 0 Å². The molecular formula is C46H67N11O15S. The molecular weight excluding hydrogens is 979 g/mol. The molecule has 0 bridgehead atoms. The van der Waals surface area contributed by atoms with Gasteiger partial charge in [-0.1, -0.05) is 58.4 Å². The third-order valence-corrected chi connectivity index (χ3v) is 11.6. The van der Waals surface area contributed by atoms with E-state index in [1.54, 1.807) is 13.8 Å². The number of primary amides is 2. The van der Waals surface area contributed by atoms with Crippen LogP contribution in [0.2, 0.25) is 0 Å². The van der Waals surface area contributed by atoms with Crippen LogP contribution in [0.5, 0.6) is 11.5 Å². The monoisotopic (exact) mass is 1050 g/mol. The Labute approximate surface area is 425 Å². The number of aliphatic hydroxyl groups excluding tert-OH is 1. The largest absolute Gasteiger partial charge is 0.508 e. The molecule has 18 N–H and O–H groups in total. The zero-order valence-electron chi connectivity index (χ0n) is 40.7. The van der Waals surface area contributed by atoms with Crippen molar-refractivity contribution in [1.82, 2.24) is 42.5 Å². The fourth-order valence-electron chi connectivity index (χ4n) is 6.74. The zero-order chi connectivity index (χ0) is 55.1. The highest BCUT2D eigenvalue weighted by Crippen LogP contribution is 2.15. The molecule has 0 spiro atoms. The maximum Gasteiger partial charge on any atom is 0.326 e. The first kappa shape index (κ1) is 61.6. The van der Waals surface area contributed by atoms with Crippen LogP contribution >= 0.6 is 12.6 Å². The molecule has 2 rings (SSSR count). The van der Waals surface area contributed by atoms with E-state index in [2.05, 4.69) is 55.2 Å². The Hall–Kier alpha value is -7.52. The predicted octanol–water partition coefficient (Wildman–Crippen LogP) is -4.43. The second-order valence-electron chi connectivity index (χ2n) is 17.4. The van der Waals surface area contributed by atoms with Crippen molar-refractivity contribution in [2.75, 3.05) is 18.9 Å². The van der Waals surface area contributed by atoms with Crippen molar-refractivity contribution in [3.8, 4) is 11.5 Å². The fourth-order valence-corrected chi connectivity index (χ4v) is 6.91. The van der Waals surface area contributed by atoms with Crippen LogP contribution in [-0.4, -0.2) is 153 Å². The molecule has 2 aromatic rings. The van der Waals surface area contributed by atoms with E-state index in [0.717, 1.165) is 0 Å². The van der Waals surface area contributed by atoms with Gasteiger partial charge >= 0.3 is 5.97 Å². The Kier molecular flexibility index (Phi) is 25.6. The standard InChI is InChI=1S/C46H67N11O15S/c1-5-23(4)38(46(71)72)56-36(63)19-50-40(65)33(20-58)55-41(66)29(14-15-34(48)61)51-43(68)32(18-35(49)62)54-45(70)37(22(2)3)57-44(69)31(17-25-8-12-27(60)13-9-25)53-42(67)30(52-39(64)28(47)21-73)16-24-6-10-26(59)11-7-24/h6-13,22-23,28-33,37-38,58-60,73H,5,14-21,47H2,1-4H3,(H2,48,61)(H2,49,62)(H,50,65)(H,51,68)(H,52,64)(H,53,67)(H,54,70)(H,55,66)(H,56,63)(H,57,69)(H,71,72)/t23-,28-,29-,30-,31-,32-,33-,37-,38-/m0/s1. The number of carbonyl (C=O) groups is 11.